The minimum Gasteiger partial charge on any atom is -0.491 e. The smallest absolute Gasteiger partial charge is 0.342 e. The SMILES string of the molecule is Cc1ccc(C=O)cc1.Cc1ccc(CC2=C(c3ccc4nsnc4c3)C(=O)OC2(O)c2ccc(OC(C)C)cc2)cc1. The zero-order chi connectivity index (χ0) is 30.6. The van der Waals surface area contributed by atoms with Crippen LogP contribution in [0, 0.1) is 13.8 Å². The summed E-state index contributed by atoms with van der Waals surface area (Å²) >= 11 is 1.12. The van der Waals surface area contributed by atoms with Gasteiger partial charge in [-0.3, -0.25) is 4.79 Å². The summed E-state index contributed by atoms with van der Waals surface area (Å²) in [6.07, 6.45) is 1.21. The summed E-state index contributed by atoms with van der Waals surface area (Å²) in [6.45, 7) is 7.91. The predicted octanol–water partition coefficient (Wildman–Crippen LogP) is 6.99. The first-order chi connectivity index (χ1) is 20.7. The quantitative estimate of drug-likeness (QED) is 0.161. The second kappa shape index (κ2) is 12.7. The van der Waals surface area contributed by atoms with Crippen molar-refractivity contribution >= 4 is 40.6 Å². The molecule has 5 aromatic rings. The Morgan fingerprint density at radius 1 is 0.884 bits per heavy atom. The molecule has 1 N–H and O–H groups in total. The van der Waals surface area contributed by atoms with Crippen molar-refractivity contribution in [1.82, 2.24) is 8.75 Å². The Morgan fingerprint density at radius 3 is 2.14 bits per heavy atom. The molecule has 0 saturated carbocycles. The Hall–Kier alpha value is -4.66. The molecule has 1 aliphatic rings. The van der Waals surface area contributed by atoms with E-state index in [9.17, 15) is 14.7 Å². The fourth-order valence-corrected chi connectivity index (χ4v) is 5.31. The van der Waals surface area contributed by atoms with Gasteiger partial charge in [0.05, 0.1) is 23.4 Å². The van der Waals surface area contributed by atoms with E-state index >= 15 is 0 Å². The number of cyclic esters (lactones) is 1. The molecule has 1 aromatic heterocycles. The van der Waals surface area contributed by atoms with Gasteiger partial charge in [0, 0.05) is 23.1 Å². The molecular formula is C35H32N2O5S. The maximum Gasteiger partial charge on any atom is 0.342 e. The maximum absolute atomic E-state index is 13.2. The van der Waals surface area contributed by atoms with Crippen molar-refractivity contribution in [3.63, 3.8) is 0 Å². The Labute approximate surface area is 254 Å². The number of carbonyl (C=O) groups is 2. The molecule has 7 nitrogen and oxygen atoms in total. The molecule has 0 spiro atoms. The van der Waals surface area contributed by atoms with Gasteiger partial charge in [-0.25, -0.2) is 4.79 Å². The summed E-state index contributed by atoms with van der Waals surface area (Å²) in [4.78, 5) is 23.3. The summed E-state index contributed by atoms with van der Waals surface area (Å²) in [7, 11) is 0. The summed E-state index contributed by atoms with van der Waals surface area (Å²) in [6, 6.07) is 27.9. The Morgan fingerprint density at radius 2 is 1.51 bits per heavy atom. The van der Waals surface area contributed by atoms with E-state index in [2.05, 4.69) is 8.75 Å². The molecule has 0 radical (unpaired) electrons. The van der Waals surface area contributed by atoms with Crippen molar-refractivity contribution in [2.75, 3.05) is 0 Å². The zero-order valence-corrected chi connectivity index (χ0v) is 25.2. The molecule has 1 atom stereocenters. The van der Waals surface area contributed by atoms with Crippen molar-refractivity contribution in [3.8, 4) is 5.75 Å². The number of esters is 1. The Balaban J connectivity index is 0.000000351. The second-order valence-corrected chi connectivity index (χ2v) is 11.3. The first-order valence-electron chi connectivity index (χ1n) is 13.9. The summed E-state index contributed by atoms with van der Waals surface area (Å²) in [5.74, 6) is -1.80. The molecule has 0 aliphatic carbocycles. The zero-order valence-electron chi connectivity index (χ0n) is 24.4. The fraction of sp³-hybridized carbons (Fsp3) is 0.200. The van der Waals surface area contributed by atoms with E-state index in [1.54, 1.807) is 24.3 Å². The van der Waals surface area contributed by atoms with Crippen LogP contribution >= 0.6 is 11.7 Å². The number of nitrogens with zero attached hydrogens (tertiary/aromatic N) is 2. The van der Waals surface area contributed by atoms with E-state index in [1.165, 1.54) is 5.56 Å². The molecule has 4 aromatic carbocycles. The van der Waals surface area contributed by atoms with Crippen LogP contribution in [-0.2, 0) is 21.7 Å². The van der Waals surface area contributed by atoms with E-state index in [1.807, 2.05) is 94.4 Å². The lowest BCUT2D eigenvalue weighted by Crippen LogP contribution is -2.29. The van der Waals surface area contributed by atoms with E-state index in [-0.39, 0.29) is 6.10 Å². The molecule has 0 saturated heterocycles. The standard InChI is InChI=1S/C27H24N2O4S.C8H8O/c1-16(2)32-21-11-9-20(10-12-21)27(31)22(14-18-6-4-17(3)5-7-18)25(26(30)33-27)19-8-13-23-24(15-19)29-34-28-23;1-7-2-4-8(6-9)5-3-7/h4-13,15-16,31H,14H2,1-3H3;2-6H,1H3. The van der Waals surface area contributed by atoms with E-state index < -0.39 is 11.8 Å². The van der Waals surface area contributed by atoms with Gasteiger partial charge in [0.15, 0.2) is 0 Å². The molecular weight excluding hydrogens is 560 g/mol. The van der Waals surface area contributed by atoms with Crippen LogP contribution in [0.1, 0.15) is 52.0 Å². The fourth-order valence-electron chi connectivity index (χ4n) is 4.80. The van der Waals surface area contributed by atoms with Crippen molar-refractivity contribution in [1.29, 1.82) is 0 Å². The number of aliphatic hydroxyl groups is 1. The summed E-state index contributed by atoms with van der Waals surface area (Å²) in [5, 5.41) is 11.8. The van der Waals surface area contributed by atoms with Gasteiger partial charge < -0.3 is 14.6 Å². The van der Waals surface area contributed by atoms with Crippen LogP contribution < -0.4 is 4.74 Å². The highest BCUT2D eigenvalue weighted by molar-refractivity contribution is 7.00. The monoisotopic (exact) mass is 592 g/mol. The highest BCUT2D eigenvalue weighted by Gasteiger charge is 2.48. The molecule has 0 fully saturated rings. The van der Waals surface area contributed by atoms with Gasteiger partial charge in [-0.2, -0.15) is 8.75 Å². The van der Waals surface area contributed by atoms with Gasteiger partial charge in [-0.15, -0.1) is 0 Å². The van der Waals surface area contributed by atoms with Crippen LogP contribution in [0.5, 0.6) is 5.75 Å². The molecule has 8 heteroatoms. The maximum atomic E-state index is 13.2. The largest absolute Gasteiger partial charge is 0.491 e. The van der Waals surface area contributed by atoms with Crippen molar-refractivity contribution in [2.45, 2.75) is 46.0 Å². The average Bonchev–Trinajstić information content (AvgIpc) is 3.56. The molecule has 218 valence electrons. The molecule has 0 amide bonds. The molecule has 6 rings (SSSR count). The van der Waals surface area contributed by atoms with Gasteiger partial charge >= 0.3 is 5.97 Å². The normalized spacial score (nSPS) is 16.2. The van der Waals surface area contributed by atoms with Crippen LogP contribution in [0.25, 0.3) is 16.6 Å². The number of aromatic nitrogens is 2. The van der Waals surface area contributed by atoms with Gasteiger partial charge in [-0.05, 0) is 75.2 Å². The average molecular weight is 593 g/mol. The lowest BCUT2D eigenvalue weighted by Gasteiger charge is -2.26. The Bertz CT molecular complexity index is 1770. The first kappa shape index (κ1) is 29.8. The summed E-state index contributed by atoms with van der Waals surface area (Å²) in [5.41, 5.74) is 7.41. The predicted molar refractivity (Wildman–Crippen MR) is 168 cm³/mol. The number of ether oxygens (including phenoxy) is 2. The number of rotatable bonds is 7. The molecule has 0 bridgehead atoms. The minimum atomic E-state index is -1.90. The van der Waals surface area contributed by atoms with Crippen molar-refractivity contribution in [3.05, 3.63) is 130 Å². The van der Waals surface area contributed by atoms with Gasteiger partial charge in [0.25, 0.3) is 5.79 Å². The van der Waals surface area contributed by atoms with E-state index in [0.717, 1.165) is 40.2 Å². The molecule has 2 heterocycles. The highest BCUT2D eigenvalue weighted by Crippen LogP contribution is 2.45. The number of fused-ring (bicyclic) bond motifs is 1. The second-order valence-electron chi connectivity index (χ2n) is 10.7. The molecule has 1 unspecified atom stereocenters. The Kier molecular flexibility index (Phi) is 8.80. The van der Waals surface area contributed by atoms with Gasteiger partial charge in [0.2, 0.25) is 0 Å². The number of hydrogen-bond acceptors (Lipinski definition) is 8. The lowest BCUT2D eigenvalue weighted by atomic mass is 9.88. The summed E-state index contributed by atoms with van der Waals surface area (Å²) < 4.78 is 20.0. The van der Waals surface area contributed by atoms with Crippen molar-refractivity contribution < 1.29 is 24.2 Å². The van der Waals surface area contributed by atoms with Crippen LogP contribution in [0.4, 0.5) is 0 Å². The number of carbonyl (C=O) groups excluding carboxylic acids is 2. The number of aldehydes is 1. The van der Waals surface area contributed by atoms with E-state index in [0.29, 0.717) is 40.0 Å². The highest BCUT2D eigenvalue weighted by atomic mass is 32.1. The van der Waals surface area contributed by atoms with Crippen LogP contribution in [0.2, 0.25) is 0 Å². The topological polar surface area (TPSA) is 98.6 Å². The first-order valence-corrected chi connectivity index (χ1v) is 14.7. The third-order valence-electron chi connectivity index (χ3n) is 7.03. The van der Waals surface area contributed by atoms with Crippen LogP contribution in [0.3, 0.4) is 0 Å². The number of aryl methyl sites for hydroxylation is 2. The third-order valence-corrected chi connectivity index (χ3v) is 7.59. The minimum absolute atomic E-state index is 0.0250. The third kappa shape index (κ3) is 6.71. The number of hydrogen-bond donors (Lipinski definition) is 1. The lowest BCUT2D eigenvalue weighted by molar-refractivity contribution is -0.185. The molecule has 43 heavy (non-hydrogen) atoms. The van der Waals surface area contributed by atoms with Crippen LogP contribution in [-0.4, -0.2) is 32.2 Å². The van der Waals surface area contributed by atoms with E-state index in [4.69, 9.17) is 9.47 Å². The van der Waals surface area contributed by atoms with Gasteiger partial charge in [-0.1, -0.05) is 65.7 Å². The van der Waals surface area contributed by atoms with Gasteiger partial charge in [0.1, 0.15) is 23.1 Å². The van der Waals surface area contributed by atoms with Crippen molar-refractivity contribution in [2.24, 2.45) is 0 Å². The van der Waals surface area contributed by atoms with Crippen LogP contribution in [0.15, 0.2) is 96.6 Å². The number of benzene rings is 4. The molecule has 1 aliphatic heterocycles.